The van der Waals surface area contributed by atoms with Crippen LogP contribution in [0.5, 0.6) is 0 Å². The molecule has 5 nitrogen and oxygen atoms in total. The number of amides is 1. The molecule has 1 amide bonds. The fourth-order valence-corrected chi connectivity index (χ4v) is 3.23. The molecule has 0 saturated carbocycles. The first-order valence-corrected chi connectivity index (χ1v) is 9.57. The van der Waals surface area contributed by atoms with Crippen LogP contribution in [-0.4, -0.2) is 49.0 Å². The number of nitrogens with one attached hydrogen (secondary N) is 2. The van der Waals surface area contributed by atoms with Crippen LogP contribution in [0.4, 0.5) is 0 Å². The minimum absolute atomic E-state index is 0. The lowest BCUT2D eigenvalue weighted by Crippen LogP contribution is -2.45. The summed E-state index contributed by atoms with van der Waals surface area (Å²) in [5.74, 6) is 1.06. The molecule has 1 heterocycles. The number of halogens is 2. The summed E-state index contributed by atoms with van der Waals surface area (Å²) in [6.45, 7) is 7.12. The van der Waals surface area contributed by atoms with Gasteiger partial charge in [0, 0.05) is 43.7 Å². The zero-order valence-corrected chi connectivity index (χ0v) is 18.7. The number of hydrogen-bond acceptors (Lipinski definition) is 2. The lowest BCUT2D eigenvalue weighted by atomic mass is 10.1. The van der Waals surface area contributed by atoms with Crippen molar-refractivity contribution in [3.05, 3.63) is 34.9 Å². The molecule has 1 fully saturated rings. The van der Waals surface area contributed by atoms with E-state index in [1.807, 2.05) is 30.0 Å². The molecule has 1 aliphatic heterocycles. The largest absolute Gasteiger partial charge is 0.357 e. The Morgan fingerprint density at radius 1 is 1.35 bits per heavy atom. The molecule has 2 rings (SSSR count). The average Bonchev–Trinajstić information content (AvgIpc) is 3.08. The van der Waals surface area contributed by atoms with Gasteiger partial charge in [0.1, 0.15) is 0 Å². The second-order valence-electron chi connectivity index (χ2n) is 6.28. The average molecular weight is 493 g/mol. The predicted molar refractivity (Wildman–Crippen MR) is 120 cm³/mol. The van der Waals surface area contributed by atoms with E-state index >= 15 is 0 Å². The summed E-state index contributed by atoms with van der Waals surface area (Å²) < 4.78 is 0. The summed E-state index contributed by atoms with van der Waals surface area (Å²) in [4.78, 5) is 18.4. The highest BCUT2D eigenvalue weighted by molar-refractivity contribution is 14.0. The maximum absolute atomic E-state index is 11.8. The van der Waals surface area contributed by atoms with Crippen molar-refractivity contribution in [3.8, 4) is 0 Å². The van der Waals surface area contributed by atoms with E-state index in [4.69, 9.17) is 11.6 Å². The van der Waals surface area contributed by atoms with Crippen LogP contribution in [0.2, 0.25) is 5.02 Å². The number of nitrogens with zero attached hydrogens (tertiary/aromatic N) is 2. The Labute approximate surface area is 179 Å². The number of aryl methyl sites for hydroxylation is 1. The van der Waals surface area contributed by atoms with Gasteiger partial charge in [-0.2, -0.15) is 0 Å². The third-order valence-corrected chi connectivity index (χ3v) is 4.73. The Morgan fingerprint density at radius 2 is 2.12 bits per heavy atom. The van der Waals surface area contributed by atoms with Crippen molar-refractivity contribution < 1.29 is 4.79 Å². The number of carbonyl (C=O) groups excluding carboxylic acids is 1. The molecule has 0 bridgehead atoms. The SMILES string of the molecule is CCNC(=NCCCc1ccccc1Cl)NC1CCN(C(=O)CC)C1.I. The van der Waals surface area contributed by atoms with Crippen LogP contribution in [-0.2, 0) is 11.2 Å². The van der Waals surface area contributed by atoms with E-state index < -0.39 is 0 Å². The monoisotopic (exact) mass is 492 g/mol. The highest BCUT2D eigenvalue weighted by Gasteiger charge is 2.25. The van der Waals surface area contributed by atoms with E-state index in [1.54, 1.807) is 0 Å². The Bertz CT molecular complexity index is 597. The van der Waals surface area contributed by atoms with Crippen LogP contribution < -0.4 is 10.6 Å². The van der Waals surface area contributed by atoms with Crippen LogP contribution in [0.1, 0.15) is 38.7 Å². The molecule has 1 aliphatic rings. The number of hydrogen-bond donors (Lipinski definition) is 2. The standard InChI is InChI=1S/C19H29ClN4O.HI/c1-3-18(25)24-13-11-16(14-24)23-19(21-4-2)22-12-7-9-15-8-5-6-10-17(15)20;/h5-6,8,10,16H,3-4,7,9,11-14H2,1-2H3,(H2,21,22,23);1H. The van der Waals surface area contributed by atoms with Gasteiger partial charge in [-0.15, -0.1) is 24.0 Å². The van der Waals surface area contributed by atoms with Gasteiger partial charge in [-0.25, -0.2) is 0 Å². The maximum atomic E-state index is 11.8. The molecule has 0 radical (unpaired) electrons. The summed E-state index contributed by atoms with van der Waals surface area (Å²) in [5, 5.41) is 7.56. The first kappa shape index (κ1) is 23.0. The van der Waals surface area contributed by atoms with Crippen molar-refractivity contribution in [3.63, 3.8) is 0 Å². The normalized spacial score (nSPS) is 17.0. The molecule has 146 valence electrons. The topological polar surface area (TPSA) is 56.7 Å². The molecule has 0 aliphatic carbocycles. The van der Waals surface area contributed by atoms with Gasteiger partial charge in [-0.3, -0.25) is 9.79 Å². The molecule has 1 unspecified atom stereocenters. The molecule has 1 aromatic carbocycles. The summed E-state index contributed by atoms with van der Waals surface area (Å²) in [6.07, 6.45) is 3.41. The Kier molecular flexibility index (Phi) is 11.0. The second kappa shape index (κ2) is 12.4. The Hall–Kier alpha value is -1.02. The van der Waals surface area contributed by atoms with Gasteiger partial charge in [0.2, 0.25) is 5.91 Å². The summed E-state index contributed by atoms with van der Waals surface area (Å²) >= 11 is 6.19. The number of likely N-dealkylation sites (tertiary alicyclic amines) is 1. The smallest absolute Gasteiger partial charge is 0.222 e. The molecule has 2 N–H and O–H groups in total. The van der Waals surface area contributed by atoms with Gasteiger partial charge in [-0.05, 0) is 37.8 Å². The predicted octanol–water partition coefficient (Wildman–Crippen LogP) is 3.46. The van der Waals surface area contributed by atoms with Crippen LogP contribution in [0.3, 0.4) is 0 Å². The summed E-state index contributed by atoms with van der Waals surface area (Å²) in [6, 6.07) is 8.23. The van der Waals surface area contributed by atoms with Crippen molar-refractivity contribution in [1.82, 2.24) is 15.5 Å². The third-order valence-electron chi connectivity index (χ3n) is 4.36. The van der Waals surface area contributed by atoms with E-state index in [1.165, 1.54) is 5.56 Å². The van der Waals surface area contributed by atoms with Crippen LogP contribution >= 0.6 is 35.6 Å². The van der Waals surface area contributed by atoms with Gasteiger partial charge < -0.3 is 15.5 Å². The number of rotatable bonds is 7. The number of benzene rings is 1. The molecule has 0 spiro atoms. The van der Waals surface area contributed by atoms with E-state index in [9.17, 15) is 4.79 Å². The third kappa shape index (κ3) is 7.31. The second-order valence-corrected chi connectivity index (χ2v) is 6.69. The van der Waals surface area contributed by atoms with E-state index in [0.29, 0.717) is 6.42 Å². The van der Waals surface area contributed by atoms with Crippen LogP contribution in [0.15, 0.2) is 29.3 Å². The van der Waals surface area contributed by atoms with Gasteiger partial charge in [0.25, 0.3) is 0 Å². The maximum Gasteiger partial charge on any atom is 0.222 e. The van der Waals surface area contributed by atoms with Crippen LogP contribution in [0, 0.1) is 0 Å². The van der Waals surface area contributed by atoms with E-state index in [2.05, 4.69) is 28.6 Å². The molecular weight excluding hydrogens is 463 g/mol. The first-order chi connectivity index (χ1) is 12.1. The minimum atomic E-state index is 0. The number of guanidine groups is 1. The first-order valence-electron chi connectivity index (χ1n) is 9.20. The van der Waals surface area contributed by atoms with Crippen molar-refractivity contribution in [2.24, 2.45) is 4.99 Å². The van der Waals surface area contributed by atoms with Crippen molar-refractivity contribution in [2.75, 3.05) is 26.2 Å². The number of aliphatic imine (C=N–C) groups is 1. The molecule has 1 saturated heterocycles. The summed E-state index contributed by atoms with van der Waals surface area (Å²) in [7, 11) is 0. The lowest BCUT2D eigenvalue weighted by molar-refractivity contribution is -0.129. The quantitative estimate of drug-likeness (QED) is 0.265. The molecule has 0 aromatic heterocycles. The Morgan fingerprint density at radius 3 is 2.81 bits per heavy atom. The minimum Gasteiger partial charge on any atom is -0.357 e. The fourth-order valence-electron chi connectivity index (χ4n) is 3.00. The molecule has 1 aromatic rings. The zero-order chi connectivity index (χ0) is 18.1. The molecular formula is C19H30ClIN4O. The van der Waals surface area contributed by atoms with Gasteiger partial charge in [-0.1, -0.05) is 36.7 Å². The van der Waals surface area contributed by atoms with Crippen molar-refractivity contribution in [1.29, 1.82) is 0 Å². The van der Waals surface area contributed by atoms with Crippen LogP contribution in [0.25, 0.3) is 0 Å². The van der Waals surface area contributed by atoms with Gasteiger partial charge in [0.05, 0.1) is 0 Å². The van der Waals surface area contributed by atoms with Crippen molar-refractivity contribution in [2.45, 2.75) is 45.6 Å². The molecule has 1 atom stereocenters. The highest BCUT2D eigenvalue weighted by atomic mass is 127. The molecule has 7 heteroatoms. The fraction of sp³-hybridized carbons (Fsp3) is 0.579. The lowest BCUT2D eigenvalue weighted by Gasteiger charge is -2.18. The van der Waals surface area contributed by atoms with Gasteiger partial charge in [0.15, 0.2) is 5.96 Å². The van der Waals surface area contributed by atoms with Crippen molar-refractivity contribution >= 4 is 47.4 Å². The Balaban J connectivity index is 0.00000338. The number of carbonyl (C=O) groups is 1. The van der Waals surface area contributed by atoms with E-state index in [-0.39, 0.29) is 35.9 Å². The zero-order valence-electron chi connectivity index (χ0n) is 15.6. The highest BCUT2D eigenvalue weighted by Crippen LogP contribution is 2.16. The summed E-state index contributed by atoms with van der Waals surface area (Å²) in [5.41, 5.74) is 1.17. The molecule has 26 heavy (non-hydrogen) atoms. The van der Waals surface area contributed by atoms with Gasteiger partial charge >= 0.3 is 0 Å². The van der Waals surface area contributed by atoms with E-state index in [0.717, 1.165) is 56.4 Å².